The maximum Gasteiger partial charge on any atom is 0.249 e. The van der Waals surface area contributed by atoms with E-state index in [1.54, 1.807) is 0 Å². The molecule has 1 aromatic carbocycles. The van der Waals surface area contributed by atoms with Crippen LogP contribution in [0.3, 0.4) is 0 Å². The summed E-state index contributed by atoms with van der Waals surface area (Å²) in [6, 6.07) is 7.97. The zero-order chi connectivity index (χ0) is 11.8. The van der Waals surface area contributed by atoms with Crippen molar-refractivity contribution in [2.75, 3.05) is 11.4 Å². The minimum atomic E-state index is -0.184. The van der Waals surface area contributed by atoms with Crippen LogP contribution in [0.4, 0.5) is 5.69 Å². The van der Waals surface area contributed by atoms with E-state index < -0.39 is 0 Å². The van der Waals surface area contributed by atoms with Crippen LogP contribution in [0.25, 0.3) is 0 Å². The molecule has 2 heterocycles. The van der Waals surface area contributed by atoms with Crippen LogP contribution in [0.1, 0.15) is 18.4 Å². The molecule has 0 radical (unpaired) electrons. The van der Waals surface area contributed by atoms with Crippen LogP contribution in [0, 0.1) is 0 Å². The normalized spacial score (nSPS) is 23.5. The van der Waals surface area contributed by atoms with Crippen LogP contribution in [0.2, 0.25) is 0 Å². The van der Waals surface area contributed by atoms with E-state index >= 15 is 0 Å². The highest BCUT2D eigenvalue weighted by molar-refractivity contribution is 6.01. The lowest BCUT2D eigenvalue weighted by Crippen LogP contribution is -2.52. The van der Waals surface area contributed by atoms with Crippen molar-refractivity contribution in [1.29, 1.82) is 0 Å². The standard InChI is InChI=1S/C13H14N2O2/c16-12-6-5-11(13(17)14-12)15-8-7-9-3-1-2-4-10(9)15/h1-4,11H,5-8H2,(H,14,16,17)/t11-/m1/s1. The Morgan fingerprint density at radius 1 is 1.18 bits per heavy atom. The van der Waals surface area contributed by atoms with Crippen molar-refractivity contribution in [2.45, 2.75) is 25.3 Å². The third-order valence-corrected chi connectivity index (χ3v) is 3.51. The monoisotopic (exact) mass is 230 g/mol. The Kier molecular flexibility index (Phi) is 2.35. The number of rotatable bonds is 1. The zero-order valence-corrected chi connectivity index (χ0v) is 9.48. The lowest BCUT2D eigenvalue weighted by atomic mass is 10.0. The average molecular weight is 230 g/mol. The van der Waals surface area contributed by atoms with Crippen molar-refractivity contribution in [2.24, 2.45) is 0 Å². The topological polar surface area (TPSA) is 49.4 Å². The van der Waals surface area contributed by atoms with Gasteiger partial charge in [0, 0.05) is 18.7 Å². The van der Waals surface area contributed by atoms with Crippen LogP contribution >= 0.6 is 0 Å². The third kappa shape index (κ3) is 1.69. The molecule has 1 saturated heterocycles. The van der Waals surface area contributed by atoms with Gasteiger partial charge < -0.3 is 4.90 Å². The van der Waals surface area contributed by atoms with Gasteiger partial charge >= 0.3 is 0 Å². The van der Waals surface area contributed by atoms with E-state index in [1.165, 1.54) is 5.56 Å². The van der Waals surface area contributed by atoms with Crippen molar-refractivity contribution >= 4 is 17.5 Å². The van der Waals surface area contributed by atoms with E-state index in [9.17, 15) is 9.59 Å². The Morgan fingerprint density at radius 2 is 2.00 bits per heavy atom. The molecule has 17 heavy (non-hydrogen) atoms. The lowest BCUT2D eigenvalue weighted by Gasteiger charge is -2.31. The molecular formula is C13H14N2O2. The molecule has 1 atom stereocenters. The van der Waals surface area contributed by atoms with Crippen LogP contribution in [0.5, 0.6) is 0 Å². The third-order valence-electron chi connectivity index (χ3n) is 3.51. The van der Waals surface area contributed by atoms with E-state index in [2.05, 4.69) is 16.3 Å². The number of nitrogens with one attached hydrogen (secondary N) is 1. The second-order valence-corrected chi connectivity index (χ2v) is 4.54. The molecule has 1 N–H and O–H groups in total. The fraction of sp³-hybridized carbons (Fsp3) is 0.385. The van der Waals surface area contributed by atoms with Crippen molar-refractivity contribution in [3.8, 4) is 0 Å². The molecule has 0 bridgehead atoms. The number of nitrogens with zero attached hydrogens (tertiary/aromatic N) is 1. The van der Waals surface area contributed by atoms with Crippen molar-refractivity contribution in [3.05, 3.63) is 29.8 Å². The summed E-state index contributed by atoms with van der Waals surface area (Å²) in [5.41, 5.74) is 2.43. The van der Waals surface area contributed by atoms with Gasteiger partial charge in [0.2, 0.25) is 11.8 Å². The number of fused-ring (bicyclic) bond motifs is 1. The van der Waals surface area contributed by atoms with E-state index in [4.69, 9.17) is 0 Å². The van der Waals surface area contributed by atoms with E-state index in [-0.39, 0.29) is 17.9 Å². The number of benzene rings is 1. The molecule has 1 aromatic rings. The number of piperidine rings is 1. The minimum Gasteiger partial charge on any atom is -0.359 e. The Labute approximate surface area is 99.6 Å². The van der Waals surface area contributed by atoms with Crippen LogP contribution in [0.15, 0.2) is 24.3 Å². The largest absolute Gasteiger partial charge is 0.359 e. The number of hydrogen-bond donors (Lipinski definition) is 1. The Balaban J connectivity index is 1.87. The number of anilines is 1. The maximum atomic E-state index is 11.8. The maximum absolute atomic E-state index is 11.8. The fourth-order valence-electron chi connectivity index (χ4n) is 2.67. The summed E-state index contributed by atoms with van der Waals surface area (Å²) in [4.78, 5) is 25.1. The number of carbonyl (C=O) groups is 2. The number of imide groups is 1. The predicted molar refractivity (Wildman–Crippen MR) is 63.7 cm³/mol. The number of amides is 2. The van der Waals surface area contributed by atoms with Gasteiger partial charge in [-0.15, -0.1) is 0 Å². The van der Waals surface area contributed by atoms with E-state index in [0.29, 0.717) is 12.8 Å². The SMILES string of the molecule is O=C1CC[C@@H](N2CCc3ccccc32)C(=O)N1. The van der Waals surface area contributed by atoms with Gasteiger partial charge in [-0.05, 0) is 24.5 Å². The van der Waals surface area contributed by atoms with Crippen LogP contribution in [-0.2, 0) is 16.0 Å². The highest BCUT2D eigenvalue weighted by Crippen LogP contribution is 2.31. The van der Waals surface area contributed by atoms with Crippen molar-refractivity contribution < 1.29 is 9.59 Å². The lowest BCUT2D eigenvalue weighted by molar-refractivity contribution is -0.134. The summed E-state index contributed by atoms with van der Waals surface area (Å²) in [6.07, 6.45) is 2.04. The van der Waals surface area contributed by atoms with E-state index in [0.717, 1.165) is 18.7 Å². The van der Waals surface area contributed by atoms with Gasteiger partial charge in [-0.1, -0.05) is 18.2 Å². The Hall–Kier alpha value is -1.84. The van der Waals surface area contributed by atoms with Gasteiger partial charge in [-0.3, -0.25) is 14.9 Å². The first kappa shape index (κ1) is 10.3. The smallest absolute Gasteiger partial charge is 0.249 e. The zero-order valence-electron chi connectivity index (χ0n) is 9.48. The first-order valence-corrected chi connectivity index (χ1v) is 5.94. The van der Waals surface area contributed by atoms with Gasteiger partial charge in [-0.2, -0.15) is 0 Å². The molecule has 4 heteroatoms. The highest BCUT2D eigenvalue weighted by Gasteiger charge is 2.34. The Bertz CT molecular complexity index is 484. The first-order chi connectivity index (χ1) is 8.25. The summed E-state index contributed by atoms with van der Waals surface area (Å²) in [5, 5.41) is 2.42. The second kappa shape index (κ2) is 3.87. The molecule has 2 aliphatic rings. The number of para-hydroxylation sites is 1. The molecule has 88 valence electrons. The van der Waals surface area contributed by atoms with Gasteiger partial charge in [0.05, 0.1) is 0 Å². The van der Waals surface area contributed by atoms with Crippen LogP contribution < -0.4 is 10.2 Å². The molecule has 3 rings (SSSR count). The molecule has 0 aliphatic carbocycles. The quantitative estimate of drug-likeness (QED) is 0.728. The molecule has 2 aliphatic heterocycles. The molecule has 0 aromatic heterocycles. The van der Waals surface area contributed by atoms with Crippen LogP contribution in [-0.4, -0.2) is 24.4 Å². The number of hydrogen-bond acceptors (Lipinski definition) is 3. The summed E-state index contributed by atoms with van der Waals surface area (Å²) in [6.45, 7) is 0.867. The summed E-state index contributed by atoms with van der Waals surface area (Å²) in [7, 11) is 0. The van der Waals surface area contributed by atoms with Gasteiger partial charge in [0.1, 0.15) is 6.04 Å². The average Bonchev–Trinajstić information content (AvgIpc) is 2.73. The minimum absolute atomic E-state index is 0.154. The fourth-order valence-corrected chi connectivity index (χ4v) is 2.67. The molecule has 2 amide bonds. The molecular weight excluding hydrogens is 216 g/mol. The summed E-state index contributed by atoms with van der Waals surface area (Å²) in [5.74, 6) is -0.309. The summed E-state index contributed by atoms with van der Waals surface area (Å²) >= 11 is 0. The number of carbonyl (C=O) groups excluding carboxylic acids is 2. The Morgan fingerprint density at radius 3 is 2.82 bits per heavy atom. The van der Waals surface area contributed by atoms with Gasteiger partial charge in [-0.25, -0.2) is 0 Å². The predicted octanol–water partition coefficient (Wildman–Crippen LogP) is 0.854. The van der Waals surface area contributed by atoms with Gasteiger partial charge in [0.25, 0.3) is 0 Å². The molecule has 0 unspecified atom stereocenters. The summed E-state index contributed by atoms with van der Waals surface area (Å²) < 4.78 is 0. The molecule has 1 fully saturated rings. The van der Waals surface area contributed by atoms with Crippen molar-refractivity contribution in [3.63, 3.8) is 0 Å². The van der Waals surface area contributed by atoms with E-state index in [1.807, 2.05) is 18.2 Å². The van der Waals surface area contributed by atoms with Gasteiger partial charge in [0.15, 0.2) is 0 Å². The molecule has 4 nitrogen and oxygen atoms in total. The highest BCUT2D eigenvalue weighted by atomic mass is 16.2. The first-order valence-electron chi connectivity index (χ1n) is 5.94. The molecule has 0 spiro atoms. The van der Waals surface area contributed by atoms with Crippen molar-refractivity contribution in [1.82, 2.24) is 5.32 Å². The molecule has 0 saturated carbocycles. The second-order valence-electron chi connectivity index (χ2n) is 4.54.